The predicted molar refractivity (Wildman–Crippen MR) is 86.3 cm³/mol. The minimum atomic E-state index is -0.466. The Balaban J connectivity index is 1.78. The zero-order valence-corrected chi connectivity index (χ0v) is 12.9. The fourth-order valence-corrected chi connectivity index (χ4v) is 2.54. The summed E-state index contributed by atoms with van der Waals surface area (Å²) in [6, 6.07) is 12.8. The number of carbonyl (C=O) groups excluding carboxylic acids is 1. The lowest BCUT2D eigenvalue weighted by Gasteiger charge is -2.01. The van der Waals surface area contributed by atoms with E-state index in [1.165, 1.54) is 24.3 Å². The molecule has 0 saturated carbocycles. The molecule has 0 aliphatic carbocycles. The second-order valence-electron chi connectivity index (χ2n) is 4.62. The summed E-state index contributed by atoms with van der Waals surface area (Å²) >= 11 is 1.06. The Morgan fingerprint density at radius 3 is 2.83 bits per heavy atom. The molecule has 0 spiro atoms. The van der Waals surface area contributed by atoms with Crippen molar-refractivity contribution >= 4 is 22.6 Å². The topological polar surface area (TPSA) is 64.1 Å². The number of aromatic nitrogens is 2. The monoisotopic (exact) mass is 329 g/mol. The number of methoxy groups -OCH3 is 1. The molecule has 1 heterocycles. The van der Waals surface area contributed by atoms with Gasteiger partial charge in [0.2, 0.25) is 5.13 Å². The van der Waals surface area contributed by atoms with E-state index in [4.69, 9.17) is 4.74 Å². The van der Waals surface area contributed by atoms with E-state index in [0.29, 0.717) is 16.7 Å². The maximum absolute atomic E-state index is 13.1. The molecule has 1 N–H and O–H groups in total. The molecule has 0 radical (unpaired) electrons. The van der Waals surface area contributed by atoms with E-state index in [-0.39, 0.29) is 5.56 Å². The molecule has 3 rings (SSSR count). The molecule has 23 heavy (non-hydrogen) atoms. The summed E-state index contributed by atoms with van der Waals surface area (Å²) in [5, 5.41) is 2.96. The van der Waals surface area contributed by atoms with Gasteiger partial charge in [0.25, 0.3) is 5.91 Å². The van der Waals surface area contributed by atoms with E-state index in [1.54, 1.807) is 13.2 Å². The number of nitrogens with one attached hydrogen (secondary N) is 1. The van der Waals surface area contributed by atoms with Crippen LogP contribution in [0.1, 0.15) is 10.4 Å². The van der Waals surface area contributed by atoms with E-state index in [2.05, 4.69) is 14.7 Å². The largest absolute Gasteiger partial charge is 0.497 e. The van der Waals surface area contributed by atoms with Gasteiger partial charge in [-0.15, -0.1) is 0 Å². The molecule has 116 valence electrons. The van der Waals surface area contributed by atoms with Gasteiger partial charge in [0.15, 0.2) is 5.82 Å². The van der Waals surface area contributed by atoms with Crippen molar-refractivity contribution in [2.75, 3.05) is 12.4 Å². The SMILES string of the molecule is COc1cccc(-c2nsc(NC(=O)c3cccc(F)c3)n2)c1. The van der Waals surface area contributed by atoms with E-state index in [0.717, 1.165) is 17.1 Å². The van der Waals surface area contributed by atoms with E-state index >= 15 is 0 Å². The van der Waals surface area contributed by atoms with Crippen molar-refractivity contribution in [1.82, 2.24) is 9.36 Å². The molecular weight excluding hydrogens is 317 g/mol. The number of amides is 1. The third kappa shape index (κ3) is 3.51. The summed E-state index contributed by atoms with van der Waals surface area (Å²) < 4.78 is 22.5. The molecule has 0 unspecified atom stereocenters. The molecule has 5 nitrogen and oxygen atoms in total. The number of rotatable bonds is 4. The second-order valence-corrected chi connectivity index (χ2v) is 5.37. The zero-order valence-electron chi connectivity index (χ0n) is 12.1. The molecule has 0 fully saturated rings. The van der Waals surface area contributed by atoms with Crippen LogP contribution < -0.4 is 10.1 Å². The molecule has 1 aromatic heterocycles. The van der Waals surface area contributed by atoms with Crippen LogP contribution >= 0.6 is 11.5 Å². The van der Waals surface area contributed by atoms with Gasteiger partial charge in [-0.25, -0.2) is 4.39 Å². The van der Waals surface area contributed by atoms with Crippen LogP contribution in [0.3, 0.4) is 0 Å². The number of anilines is 1. The third-order valence-corrected chi connectivity index (χ3v) is 3.69. The number of ether oxygens (including phenoxy) is 1. The Hall–Kier alpha value is -2.80. The molecule has 1 amide bonds. The lowest BCUT2D eigenvalue weighted by Crippen LogP contribution is -2.11. The fourth-order valence-electron chi connectivity index (χ4n) is 1.95. The zero-order chi connectivity index (χ0) is 16.2. The standard InChI is InChI=1S/C16H12FN3O2S/c1-22-13-7-3-4-10(9-13)14-18-16(23-20-14)19-15(21)11-5-2-6-12(17)8-11/h2-9H,1H3,(H,18,19,20,21). The van der Waals surface area contributed by atoms with Crippen LogP contribution in [0.5, 0.6) is 5.75 Å². The van der Waals surface area contributed by atoms with E-state index in [1.807, 2.05) is 18.2 Å². The van der Waals surface area contributed by atoms with E-state index in [9.17, 15) is 9.18 Å². The van der Waals surface area contributed by atoms with Gasteiger partial charge in [-0.1, -0.05) is 18.2 Å². The van der Waals surface area contributed by atoms with Gasteiger partial charge in [0.1, 0.15) is 11.6 Å². The van der Waals surface area contributed by atoms with E-state index < -0.39 is 11.7 Å². The van der Waals surface area contributed by atoms with Gasteiger partial charge in [-0.3, -0.25) is 10.1 Å². The average molecular weight is 329 g/mol. The second kappa shape index (κ2) is 6.53. The maximum atomic E-state index is 13.1. The molecule has 7 heteroatoms. The van der Waals surface area contributed by atoms with Gasteiger partial charge >= 0.3 is 0 Å². The van der Waals surface area contributed by atoms with Crippen molar-refractivity contribution in [3.05, 3.63) is 59.9 Å². The van der Waals surface area contributed by atoms with Crippen LogP contribution in [0.4, 0.5) is 9.52 Å². The first-order chi connectivity index (χ1) is 11.2. The van der Waals surface area contributed by atoms with Crippen LogP contribution in [0.25, 0.3) is 11.4 Å². The number of nitrogens with zero attached hydrogens (tertiary/aromatic N) is 2. The number of hydrogen-bond donors (Lipinski definition) is 1. The normalized spacial score (nSPS) is 10.3. The Morgan fingerprint density at radius 1 is 1.22 bits per heavy atom. The number of halogens is 1. The Kier molecular flexibility index (Phi) is 4.29. The molecule has 2 aromatic carbocycles. The summed E-state index contributed by atoms with van der Waals surface area (Å²) in [6.07, 6.45) is 0. The number of hydrogen-bond acceptors (Lipinski definition) is 5. The van der Waals surface area contributed by atoms with Crippen molar-refractivity contribution in [2.24, 2.45) is 0 Å². The molecule has 0 aliphatic rings. The minimum Gasteiger partial charge on any atom is -0.497 e. The molecule has 0 atom stereocenters. The van der Waals surface area contributed by atoms with Gasteiger partial charge < -0.3 is 4.74 Å². The molecule has 0 bridgehead atoms. The van der Waals surface area contributed by atoms with Gasteiger partial charge in [0.05, 0.1) is 7.11 Å². The molecule has 3 aromatic rings. The summed E-state index contributed by atoms with van der Waals surface area (Å²) in [5.74, 6) is 0.288. The number of benzene rings is 2. The van der Waals surface area contributed by atoms with Gasteiger partial charge in [-0.2, -0.15) is 9.36 Å². The fraction of sp³-hybridized carbons (Fsp3) is 0.0625. The Bertz CT molecular complexity index is 851. The van der Waals surface area contributed by atoms with Crippen molar-refractivity contribution in [3.8, 4) is 17.1 Å². The smallest absolute Gasteiger partial charge is 0.257 e. The summed E-state index contributed by atoms with van der Waals surface area (Å²) in [5.41, 5.74) is 1.01. The van der Waals surface area contributed by atoms with Gasteiger partial charge in [-0.05, 0) is 30.3 Å². The summed E-state index contributed by atoms with van der Waals surface area (Å²) in [6.45, 7) is 0. The van der Waals surface area contributed by atoms with Crippen molar-refractivity contribution in [3.63, 3.8) is 0 Å². The van der Waals surface area contributed by atoms with Crippen LogP contribution in [0.15, 0.2) is 48.5 Å². The minimum absolute atomic E-state index is 0.225. The lowest BCUT2D eigenvalue weighted by atomic mass is 10.2. The van der Waals surface area contributed by atoms with Crippen LogP contribution in [0.2, 0.25) is 0 Å². The average Bonchev–Trinajstić information content (AvgIpc) is 3.03. The van der Waals surface area contributed by atoms with Gasteiger partial charge in [0, 0.05) is 22.7 Å². The molecule has 0 saturated heterocycles. The first-order valence-corrected chi connectivity index (χ1v) is 7.48. The predicted octanol–water partition coefficient (Wildman–Crippen LogP) is 3.61. The highest BCUT2D eigenvalue weighted by Crippen LogP contribution is 2.24. The van der Waals surface area contributed by atoms with Crippen LogP contribution in [-0.4, -0.2) is 22.4 Å². The molecular formula is C16H12FN3O2S. The van der Waals surface area contributed by atoms with Crippen molar-refractivity contribution in [2.45, 2.75) is 0 Å². The highest BCUT2D eigenvalue weighted by atomic mass is 32.1. The van der Waals surface area contributed by atoms with Crippen LogP contribution in [-0.2, 0) is 0 Å². The summed E-state index contributed by atoms with van der Waals surface area (Å²) in [7, 11) is 1.58. The lowest BCUT2D eigenvalue weighted by molar-refractivity contribution is 0.102. The third-order valence-electron chi connectivity index (χ3n) is 3.06. The van der Waals surface area contributed by atoms with Crippen molar-refractivity contribution in [1.29, 1.82) is 0 Å². The van der Waals surface area contributed by atoms with Crippen LogP contribution in [0, 0.1) is 5.82 Å². The highest BCUT2D eigenvalue weighted by molar-refractivity contribution is 7.10. The first-order valence-electron chi connectivity index (χ1n) is 6.71. The number of carbonyl (C=O) groups is 1. The first kappa shape index (κ1) is 15.1. The van der Waals surface area contributed by atoms with Crippen molar-refractivity contribution < 1.29 is 13.9 Å². The maximum Gasteiger partial charge on any atom is 0.257 e. The Labute approximate surface area is 135 Å². The molecule has 0 aliphatic heterocycles. The highest BCUT2D eigenvalue weighted by Gasteiger charge is 2.12. The quantitative estimate of drug-likeness (QED) is 0.794. The summed E-state index contributed by atoms with van der Waals surface area (Å²) in [4.78, 5) is 16.3. The Morgan fingerprint density at radius 2 is 2.04 bits per heavy atom.